The molecule has 1 aromatic carbocycles. The van der Waals surface area contributed by atoms with Crippen molar-refractivity contribution in [2.75, 3.05) is 7.11 Å². The highest BCUT2D eigenvalue weighted by atomic mass is 79.9. The van der Waals surface area contributed by atoms with E-state index in [2.05, 4.69) is 26.6 Å². The molecule has 1 amide bonds. The zero-order chi connectivity index (χ0) is 15.2. The fraction of sp³-hybridized carbons (Fsp3) is 0.143. The van der Waals surface area contributed by atoms with Crippen LogP contribution in [0.4, 0.5) is 0 Å². The third kappa shape index (κ3) is 4.57. The van der Waals surface area contributed by atoms with Crippen LogP contribution in [0.15, 0.2) is 45.5 Å². The molecular formula is C14H13BrN2O3S. The first-order chi connectivity index (χ1) is 10.1. The summed E-state index contributed by atoms with van der Waals surface area (Å²) in [6, 6.07) is 10.8. The number of amides is 1. The summed E-state index contributed by atoms with van der Waals surface area (Å²) in [4.78, 5) is 11.8. The van der Waals surface area contributed by atoms with E-state index in [4.69, 9.17) is 21.4 Å². The summed E-state index contributed by atoms with van der Waals surface area (Å²) in [7, 11) is 1.62. The van der Waals surface area contributed by atoms with Crippen LogP contribution < -0.4 is 15.4 Å². The van der Waals surface area contributed by atoms with E-state index in [0.717, 1.165) is 11.3 Å². The summed E-state index contributed by atoms with van der Waals surface area (Å²) in [5.74, 6) is 0.585. The molecule has 0 aliphatic carbocycles. The quantitative estimate of drug-likeness (QED) is 0.812. The Labute approximate surface area is 135 Å². The molecule has 2 N–H and O–H groups in total. The second-order valence-corrected chi connectivity index (χ2v) is 5.28. The molecule has 1 heterocycles. The number of ether oxygens (including phenoxy) is 1. The third-order valence-electron chi connectivity index (χ3n) is 2.64. The SMILES string of the molecule is COc1ccc(CNC(=S)NC(=O)c2ccc(Br)o2)cc1. The molecule has 1 aromatic heterocycles. The van der Waals surface area contributed by atoms with Crippen LogP contribution in [0.3, 0.4) is 0 Å². The van der Waals surface area contributed by atoms with Gasteiger partial charge in [-0.05, 0) is 58.0 Å². The first-order valence-corrected chi connectivity index (χ1v) is 7.26. The molecule has 0 unspecified atom stereocenters. The Morgan fingerprint density at radius 3 is 2.57 bits per heavy atom. The van der Waals surface area contributed by atoms with Crippen LogP contribution in [0.1, 0.15) is 16.1 Å². The first-order valence-electron chi connectivity index (χ1n) is 6.06. The standard InChI is InChI=1S/C14H13BrN2O3S/c1-19-10-4-2-9(3-5-10)8-16-14(21)17-13(18)11-6-7-12(15)20-11/h2-7H,8H2,1H3,(H2,16,17,18,21). The summed E-state index contributed by atoms with van der Waals surface area (Å²) in [5.41, 5.74) is 1.02. The molecule has 110 valence electrons. The van der Waals surface area contributed by atoms with Crippen LogP contribution in [0.5, 0.6) is 5.75 Å². The molecule has 2 aromatic rings. The molecule has 0 spiro atoms. The van der Waals surface area contributed by atoms with Gasteiger partial charge in [0.25, 0.3) is 5.91 Å². The highest BCUT2D eigenvalue weighted by Crippen LogP contribution is 2.13. The van der Waals surface area contributed by atoms with Crippen LogP contribution in [0.25, 0.3) is 0 Å². The van der Waals surface area contributed by atoms with E-state index < -0.39 is 5.91 Å². The average Bonchev–Trinajstić information content (AvgIpc) is 2.92. The maximum Gasteiger partial charge on any atom is 0.293 e. The van der Waals surface area contributed by atoms with Gasteiger partial charge >= 0.3 is 0 Å². The largest absolute Gasteiger partial charge is 0.497 e. The molecule has 5 nitrogen and oxygen atoms in total. The number of hydrogen-bond donors (Lipinski definition) is 2. The number of halogens is 1. The molecule has 0 fully saturated rings. The lowest BCUT2D eigenvalue weighted by Crippen LogP contribution is -2.38. The Bertz CT molecular complexity index is 640. The predicted molar refractivity (Wildman–Crippen MR) is 86.3 cm³/mol. The molecule has 0 bridgehead atoms. The van der Waals surface area contributed by atoms with Crippen molar-refractivity contribution in [3.63, 3.8) is 0 Å². The van der Waals surface area contributed by atoms with Gasteiger partial charge in [-0.2, -0.15) is 0 Å². The van der Waals surface area contributed by atoms with Gasteiger partial charge in [-0.25, -0.2) is 0 Å². The number of furan rings is 1. The lowest BCUT2D eigenvalue weighted by atomic mass is 10.2. The Hall–Kier alpha value is -1.86. The Morgan fingerprint density at radius 2 is 2.00 bits per heavy atom. The van der Waals surface area contributed by atoms with Gasteiger partial charge in [0.2, 0.25) is 0 Å². The van der Waals surface area contributed by atoms with Crippen LogP contribution >= 0.6 is 28.1 Å². The first kappa shape index (κ1) is 15.5. The van der Waals surface area contributed by atoms with Crippen molar-refractivity contribution in [3.8, 4) is 5.75 Å². The second-order valence-electron chi connectivity index (χ2n) is 4.09. The summed E-state index contributed by atoms with van der Waals surface area (Å²) >= 11 is 8.20. The fourth-order valence-electron chi connectivity index (χ4n) is 1.57. The van der Waals surface area contributed by atoms with Gasteiger partial charge in [-0.1, -0.05) is 12.1 Å². The number of carbonyl (C=O) groups excluding carboxylic acids is 1. The Balaban J connectivity index is 1.82. The van der Waals surface area contributed by atoms with Crippen LogP contribution in [0.2, 0.25) is 0 Å². The molecule has 0 radical (unpaired) electrons. The fourth-order valence-corrected chi connectivity index (χ4v) is 2.04. The summed E-state index contributed by atoms with van der Waals surface area (Å²) in [6.07, 6.45) is 0. The molecule has 0 atom stereocenters. The van der Waals surface area contributed by atoms with Crippen molar-refractivity contribution < 1.29 is 13.9 Å². The summed E-state index contributed by atoms with van der Waals surface area (Å²) in [5, 5.41) is 5.73. The molecular weight excluding hydrogens is 356 g/mol. The van der Waals surface area contributed by atoms with E-state index in [-0.39, 0.29) is 10.9 Å². The second kappa shape index (κ2) is 7.24. The number of nitrogens with one attached hydrogen (secondary N) is 2. The maximum atomic E-state index is 11.8. The van der Waals surface area contributed by atoms with Gasteiger partial charge < -0.3 is 14.5 Å². The lowest BCUT2D eigenvalue weighted by molar-refractivity contribution is 0.0948. The number of carbonyl (C=O) groups is 1. The van der Waals surface area contributed by atoms with E-state index in [1.54, 1.807) is 19.2 Å². The van der Waals surface area contributed by atoms with Crippen LogP contribution in [-0.2, 0) is 6.54 Å². The molecule has 0 aliphatic rings. The van der Waals surface area contributed by atoms with Crippen molar-refractivity contribution in [1.82, 2.24) is 10.6 Å². The average molecular weight is 369 g/mol. The van der Waals surface area contributed by atoms with Crippen molar-refractivity contribution >= 4 is 39.2 Å². The van der Waals surface area contributed by atoms with E-state index in [0.29, 0.717) is 11.2 Å². The van der Waals surface area contributed by atoms with Gasteiger partial charge in [0.05, 0.1) is 7.11 Å². The minimum atomic E-state index is -0.395. The van der Waals surface area contributed by atoms with E-state index in [1.807, 2.05) is 24.3 Å². The van der Waals surface area contributed by atoms with Gasteiger partial charge in [0.1, 0.15) is 5.75 Å². The van der Waals surface area contributed by atoms with E-state index in [9.17, 15) is 4.79 Å². The normalized spacial score (nSPS) is 10.0. The monoisotopic (exact) mass is 368 g/mol. The number of thiocarbonyl (C=S) groups is 1. The Kier molecular flexibility index (Phi) is 5.35. The molecule has 7 heteroatoms. The van der Waals surface area contributed by atoms with Crippen LogP contribution in [-0.4, -0.2) is 18.1 Å². The molecule has 2 rings (SSSR count). The molecule has 0 saturated carbocycles. The van der Waals surface area contributed by atoms with E-state index >= 15 is 0 Å². The minimum absolute atomic E-state index is 0.190. The van der Waals surface area contributed by atoms with Crippen molar-refractivity contribution in [1.29, 1.82) is 0 Å². The van der Waals surface area contributed by atoms with Gasteiger partial charge in [-0.15, -0.1) is 0 Å². The maximum absolute atomic E-state index is 11.8. The highest BCUT2D eigenvalue weighted by Gasteiger charge is 2.11. The number of benzene rings is 1. The van der Waals surface area contributed by atoms with Gasteiger partial charge in [-0.3, -0.25) is 10.1 Å². The number of rotatable bonds is 4. The summed E-state index contributed by atoms with van der Waals surface area (Å²) < 4.78 is 10.7. The molecule has 0 saturated heterocycles. The van der Waals surface area contributed by atoms with Gasteiger partial charge in [0.15, 0.2) is 15.5 Å². The topological polar surface area (TPSA) is 63.5 Å². The van der Waals surface area contributed by atoms with Gasteiger partial charge in [0, 0.05) is 6.54 Å². The van der Waals surface area contributed by atoms with Crippen molar-refractivity contribution in [2.24, 2.45) is 0 Å². The predicted octanol–water partition coefficient (Wildman–Crippen LogP) is 2.86. The van der Waals surface area contributed by atoms with Crippen molar-refractivity contribution in [3.05, 3.63) is 52.4 Å². The Morgan fingerprint density at radius 1 is 1.29 bits per heavy atom. The number of methoxy groups -OCH3 is 1. The molecule has 21 heavy (non-hydrogen) atoms. The molecule has 0 aliphatic heterocycles. The zero-order valence-electron chi connectivity index (χ0n) is 11.2. The zero-order valence-corrected chi connectivity index (χ0v) is 13.6. The smallest absolute Gasteiger partial charge is 0.293 e. The van der Waals surface area contributed by atoms with E-state index in [1.165, 1.54) is 0 Å². The highest BCUT2D eigenvalue weighted by molar-refractivity contribution is 9.10. The lowest BCUT2D eigenvalue weighted by Gasteiger charge is -2.09. The number of hydrogen-bond acceptors (Lipinski definition) is 4. The van der Waals surface area contributed by atoms with Crippen LogP contribution in [0, 0.1) is 0 Å². The van der Waals surface area contributed by atoms with Crippen molar-refractivity contribution in [2.45, 2.75) is 6.54 Å². The minimum Gasteiger partial charge on any atom is -0.497 e. The summed E-state index contributed by atoms with van der Waals surface area (Å²) in [6.45, 7) is 0.505. The third-order valence-corrected chi connectivity index (χ3v) is 3.31.